The van der Waals surface area contributed by atoms with E-state index in [1.54, 1.807) is 0 Å². The van der Waals surface area contributed by atoms with Crippen LogP contribution in [0, 0.1) is 0 Å². The molecule has 2 aromatic heterocycles. The van der Waals surface area contributed by atoms with Gasteiger partial charge in [-0.3, -0.25) is 0 Å². The van der Waals surface area contributed by atoms with Crippen LogP contribution in [0.4, 0.5) is 34.1 Å². The number of ether oxygens (including phenoxy) is 1. The van der Waals surface area contributed by atoms with Gasteiger partial charge in [0.1, 0.15) is 28.1 Å². The van der Waals surface area contributed by atoms with Gasteiger partial charge in [0, 0.05) is 72.4 Å². The minimum absolute atomic E-state index is 0.779. The number of benzene rings is 13. The maximum atomic E-state index is 7.46. The molecule has 0 saturated heterocycles. The first-order valence-electron chi connectivity index (χ1n) is 27.5. The third-order valence-electron chi connectivity index (χ3n) is 16.1. The van der Waals surface area contributed by atoms with Crippen LogP contribution in [-0.2, 0) is 0 Å². The zero-order chi connectivity index (χ0) is 53.4. The molecule has 0 atom stereocenters. The van der Waals surface area contributed by atoms with Gasteiger partial charge in [-0.15, -0.1) is 0 Å². The third kappa shape index (κ3) is 7.85. The van der Waals surface area contributed by atoms with Gasteiger partial charge >= 0.3 is 0 Å². The second-order valence-electron chi connectivity index (χ2n) is 20.8. The smallest absolute Gasteiger partial charge is 0.159 e. The largest absolute Gasteiger partial charge is 0.455 e. The molecule has 0 aliphatic carbocycles. The lowest BCUT2D eigenvalue weighted by Crippen LogP contribution is -2.13. The third-order valence-corrected chi connectivity index (χ3v) is 16.1. The lowest BCUT2D eigenvalue weighted by molar-refractivity contribution is 0.488. The first-order valence-corrected chi connectivity index (χ1v) is 27.5. The highest BCUT2D eigenvalue weighted by atomic mass is 16.5. The summed E-state index contributed by atoms with van der Waals surface area (Å²) in [6, 6.07) is 103. The van der Waals surface area contributed by atoms with E-state index in [2.05, 4.69) is 277 Å². The molecule has 0 N–H and O–H groups in total. The van der Waals surface area contributed by atoms with Crippen molar-refractivity contribution in [1.82, 2.24) is 0 Å². The van der Waals surface area contributed by atoms with E-state index in [4.69, 9.17) is 13.6 Å². The van der Waals surface area contributed by atoms with Gasteiger partial charge in [-0.25, -0.2) is 0 Å². The van der Waals surface area contributed by atoms with E-state index >= 15 is 0 Å². The Bertz CT molecular complexity index is 4870. The van der Waals surface area contributed by atoms with E-state index < -0.39 is 0 Å². The van der Waals surface area contributed by atoms with Gasteiger partial charge in [-0.1, -0.05) is 212 Å². The van der Waals surface area contributed by atoms with Crippen LogP contribution in [0.25, 0.3) is 110 Å². The van der Waals surface area contributed by atoms with Crippen molar-refractivity contribution in [2.24, 2.45) is 0 Å². The molecule has 0 fully saturated rings. The average Bonchev–Trinajstić information content (AvgIpc) is 4.19. The van der Waals surface area contributed by atoms with Crippen molar-refractivity contribution >= 4 is 88.8 Å². The number of hydrogen-bond acceptors (Lipinski definition) is 5. The maximum absolute atomic E-state index is 7.46. The van der Waals surface area contributed by atoms with Gasteiger partial charge in [0.05, 0.1) is 11.4 Å². The van der Waals surface area contributed by atoms with Crippen LogP contribution < -0.4 is 14.5 Å². The summed E-state index contributed by atoms with van der Waals surface area (Å²) in [5.41, 5.74) is 20.5. The number of hydrogen-bond donors (Lipinski definition) is 0. The molecule has 0 radical (unpaired) electrons. The Kier molecular flexibility index (Phi) is 10.8. The number of anilines is 6. The summed E-state index contributed by atoms with van der Waals surface area (Å²) < 4.78 is 20.5. The first kappa shape index (κ1) is 46.2. The summed E-state index contributed by atoms with van der Waals surface area (Å²) in [5, 5.41) is 6.60. The molecule has 0 spiro atoms. The molecule has 0 saturated carbocycles. The zero-order valence-corrected chi connectivity index (χ0v) is 43.8. The molecule has 0 bridgehead atoms. The highest BCUT2D eigenvalue weighted by Gasteiger charge is 2.28. The SMILES string of the molecule is c1ccc(-c2ccc(N(c3ccc(-c4cccc5c4oc4ccccc45)cc3)c3cc4c5c(cccc5c3)-c3cccc(N(c5ccc(-c6ccccc6)cc5)c5ccc(-c6cccc7c6oc6ccccc67)cc5)c3O4)cc2)cc1. The van der Waals surface area contributed by atoms with Crippen LogP contribution in [0.1, 0.15) is 0 Å². The van der Waals surface area contributed by atoms with Gasteiger partial charge < -0.3 is 23.4 Å². The molecule has 1 aliphatic rings. The summed E-state index contributed by atoms with van der Waals surface area (Å²) in [4.78, 5) is 4.66. The van der Waals surface area contributed by atoms with E-state index in [0.29, 0.717) is 0 Å². The number of nitrogens with zero attached hydrogens (tertiary/aromatic N) is 2. The monoisotopic (exact) mass is 1040 g/mol. The Morgan fingerprint density at radius 1 is 0.259 bits per heavy atom. The van der Waals surface area contributed by atoms with E-state index in [1.807, 2.05) is 24.3 Å². The van der Waals surface area contributed by atoms with Crippen molar-refractivity contribution in [1.29, 1.82) is 0 Å². The predicted octanol–water partition coefficient (Wildman–Crippen LogP) is 22.0. The topological polar surface area (TPSA) is 42.0 Å². The summed E-state index contributed by atoms with van der Waals surface area (Å²) in [5.74, 6) is 1.56. The van der Waals surface area contributed by atoms with Crippen molar-refractivity contribution in [2.75, 3.05) is 9.80 Å². The van der Waals surface area contributed by atoms with Gasteiger partial charge in [0.25, 0.3) is 0 Å². The van der Waals surface area contributed by atoms with E-state index in [1.165, 1.54) is 5.56 Å². The minimum Gasteiger partial charge on any atom is -0.455 e. The zero-order valence-electron chi connectivity index (χ0n) is 43.8. The van der Waals surface area contributed by atoms with Crippen molar-refractivity contribution in [3.05, 3.63) is 291 Å². The molecule has 5 nitrogen and oxygen atoms in total. The van der Waals surface area contributed by atoms with Gasteiger partial charge in [0.2, 0.25) is 0 Å². The number of rotatable bonds is 10. The molecule has 1 aliphatic heterocycles. The number of para-hydroxylation sites is 5. The Labute approximate surface area is 468 Å². The van der Waals surface area contributed by atoms with Gasteiger partial charge in [0.15, 0.2) is 5.75 Å². The minimum atomic E-state index is 0.779. The van der Waals surface area contributed by atoms with Gasteiger partial charge in [-0.05, 0) is 117 Å². The summed E-state index contributed by atoms with van der Waals surface area (Å²) in [6.45, 7) is 0. The molecular formula is C76H48N2O3. The molecule has 5 heteroatoms. The summed E-state index contributed by atoms with van der Waals surface area (Å²) in [6.07, 6.45) is 0. The van der Waals surface area contributed by atoms with Crippen LogP contribution in [-0.4, -0.2) is 0 Å². The summed E-state index contributed by atoms with van der Waals surface area (Å²) >= 11 is 0. The standard InChI is InChI=1S/C76H48N2O3/c1-3-15-49(16-4-1)51-31-39-56(40-32-51)77(57-43-35-53(36-44-57)61-22-12-25-66-63-20-7-9-29-70(63)79-74(61)66)60-47-55-19-11-24-65-68-27-14-28-69(76(68)81-72(48-60)73(55)65)78(58-41-33-52(34-42-58)50-17-5-2-6-18-50)59-45-37-54(38-46-59)62-23-13-26-67-64-21-8-10-30-71(64)80-75(62)67/h1-48H. The maximum Gasteiger partial charge on any atom is 0.159 e. The predicted molar refractivity (Wildman–Crippen MR) is 335 cm³/mol. The highest BCUT2D eigenvalue weighted by molar-refractivity contribution is 6.12. The lowest BCUT2D eigenvalue weighted by atomic mass is 9.93. The molecule has 0 unspecified atom stereocenters. The van der Waals surface area contributed by atoms with Crippen molar-refractivity contribution in [2.45, 2.75) is 0 Å². The fourth-order valence-corrected chi connectivity index (χ4v) is 12.2. The quantitative estimate of drug-likeness (QED) is 0.137. The molecule has 0 amide bonds. The average molecular weight is 1040 g/mol. The Morgan fingerprint density at radius 3 is 1.20 bits per heavy atom. The fourth-order valence-electron chi connectivity index (χ4n) is 12.2. The van der Waals surface area contributed by atoms with Crippen LogP contribution >= 0.6 is 0 Å². The molecule has 13 aromatic carbocycles. The molecular weight excluding hydrogens is 989 g/mol. The Hall–Kier alpha value is -10.9. The molecule has 3 heterocycles. The second-order valence-corrected chi connectivity index (χ2v) is 20.8. The Balaban J connectivity index is 0.823. The van der Waals surface area contributed by atoms with E-state index in [0.717, 1.165) is 150 Å². The second kappa shape index (κ2) is 18.9. The van der Waals surface area contributed by atoms with Crippen molar-refractivity contribution < 1.29 is 13.6 Å². The van der Waals surface area contributed by atoms with Crippen molar-refractivity contribution in [3.63, 3.8) is 0 Å². The van der Waals surface area contributed by atoms with E-state index in [-0.39, 0.29) is 0 Å². The fraction of sp³-hybridized carbons (Fsp3) is 0. The van der Waals surface area contributed by atoms with Crippen LogP contribution in [0.15, 0.2) is 300 Å². The molecule has 15 aromatic rings. The Morgan fingerprint density at radius 2 is 0.667 bits per heavy atom. The van der Waals surface area contributed by atoms with Gasteiger partial charge in [-0.2, -0.15) is 0 Å². The van der Waals surface area contributed by atoms with Crippen molar-refractivity contribution in [3.8, 4) is 67.1 Å². The normalized spacial score (nSPS) is 11.8. The molecule has 16 rings (SSSR count). The van der Waals surface area contributed by atoms with Crippen LogP contribution in [0.3, 0.4) is 0 Å². The highest BCUT2D eigenvalue weighted by Crippen LogP contribution is 2.55. The van der Waals surface area contributed by atoms with Crippen LogP contribution in [0.2, 0.25) is 0 Å². The summed E-state index contributed by atoms with van der Waals surface area (Å²) in [7, 11) is 0. The van der Waals surface area contributed by atoms with Crippen LogP contribution in [0.5, 0.6) is 11.5 Å². The lowest BCUT2D eigenvalue weighted by Gasteiger charge is -2.32. The number of fused-ring (bicyclic) bond motifs is 8. The van der Waals surface area contributed by atoms with E-state index in [9.17, 15) is 0 Å². The first-order chi connectivity index (χ1) is 40.1. The molecule has 81 heavy (non-hydrogen) atoms. The molecule has 380 valence electrons. The number of furan rings is 2.